The minimum Gasteiger partial charge on any atom is -0.465 e. The average molecular weight is 275 g/mol. The van der Waals surface area contributed by atoms with Crippen molar-refractivity contribution in [3.63, 3.8) is 0 Å². The highest BCUT2D eigenvalue weighted by atomic mass is 16.5. The summed E-state index contributed by atoms with van der Waals surface area (Å²) in [5.74, 6) is -0.150. The molecule has 0 spiro atoms. The molecule has 2 rings (SSSR count). The first kappa shape index (κ1) is 14.7. The summed E-state index contributed by atoms with van der Waals surface area (Å²) in [6.07, 6.45) is 0.767. The molecule has 1 fully saturated rings. The molecule has 1 aromatic rings. The summed E-state index contributed by atoms with van der Waals surface area (Å²) in [7, 11) is 0. The molecule has 0 amide bonds. The molecule has 2 atom stereocenters. The fourth-order valence-electron chi connectivity index (χ4n) is 2.69. The number of hydrogen-bond acceptors (Lipinski definition) is 4. The third-order valence-electron chi connectivity index (χ3n) is 3.81. The molecular weight excluding hydrogens is 254 g/mol. The van der Waals surface area contributed by atoms with Crippen LogP contribution in [0.5, 0.6) is 0 Å². The van der Waals surface area contributed by atoms with Gasteiger partial charge < -0.3 is 4.74 Å². The molecule has 1 aliphatic heterocycles. The van der Waals surface area contributed by atoms with Crippen molar-refractivity contribution in [2.45, 2.75) is 38.8 Å². The highest BCUT2D eigenvalue weighted by Crippen LogP contribution is 2.27. The monoisotopic (exact) mass is 275 g/mol. The minimum atomic E-state index is -0.452. The van der Waals surface area contributed by atoms with Gasteiger partial charge in [0.25, 0.3) is 0 Å². The van der Waals surface area contributed by atoms with Crippen LogP contribution < -0.4 is 0 Å². The van der Waals surface area contributed by atoms with Crippen LogP contribution in [-0.4, -0.2) is 35.8 Å². The number of carbonyl (C=O) groups is 2. The summed E-state index contributed by atoms with van der Waals surface area (Å²) in [6, 6.07) is 9.68. The molecule has 1 heterocycles. The smallest absolute Gasteiger partial charge is 0.323 e. The first-order valence-electron chi connectivity index (χ1n) is 7.12. The zero-order valence-electron chi connectivity index (χ0n) is 12.0. The van der Waals surface area contributed by atoms with Crippen molar-refractivity contribution in [2.24, 2.45) is 0 Å². The number of benzene rings is 1. The van der Waals surface area contributed by atoms with E-state index in [0.29, 0.717) is 19.6 Å². The lowest BCUT2D eigenvalue weighted by molar-refractivity contribution is -0.154. The van der Waals surface area contributed by atoms with E-state index in [1.165, 1.54) is 0 Å². The standard InChI is InChI=1S/C16H21NO3/c1-3-20-16(19)15-11-14(18)9-10-17(15)12(2)13-7-5-4-6-8-13/h4-8,12,15H,3,9-11H2,1-2H3/t12-,15-/m0/s1. The SMILES string of the molecule is CCOC(=O)[C@@H]1CC(=O)CCN1[C@@H](C)c1ccccc1. The molecule has 4 heteroatoms. The molecule has 0 aliphatic carbocycles. The maximum atomic E-state index is 12.1. The van der Waals surface area contributed by atoms with Crippen LogP contribution in [0, 0.1) is 0 Å². The zero-order chi connectivity index (χ0) is 14.5. The van der Waals surface area contributed by atoms with Crippen LogP contribution in [0.2, 0.25) is 0 Å². The molecule has 20 heavy (non-hydrogen) atoms. The lowest BCUT2D eigenvalue weighted by Gasteiger charge is -2.37. The predicted molar refractivity (Wildman–Crippen MR) is 76.2 cm³/mol. The van der Waals surface area contributed by atoms with Gasteiger partial charge in [-0.1, -0.05) is 30.3 Å². The van der Waals surface area contributed by atoms with Gasteiger partial charge in [0.1, 0.15) is 11.8 Å². The quantitative estimate of drug-likeness (QED) is 0.791. The van der Waals surface area contributed by atoms with Crippen molar-refractivity contribution in [1.82, 2.24) is 4.90 Å². The van der Waals surface area contributed by atoms with Crippen LogP contribution in [-0.2, 0) is 14.3 Å². The number of ketones is 1. The normalized spacial score (nSPS) is 21.5. The summed E-state index contributed by atoms with van der Waals surface area (Å²) in [4.78, 5) is 25.8. The molecule has 0 unspecified atom stereocenters. The number of esters is 1. The highest BCUT2D eigenvalue weighted by Gasteiger charge is 2.36. The molecule has 0 aromatic heterocycles. The topological polar surface area (TPSA) is 46.6 Å². The molecule has 108 valence electrons. The van der Waals surface area contributed by atoms with E-state index in [1.807, 2.05) is 30.3 Å². The zero-order valence-corrected chi connectivity index (χ0v) is 12.0. The van der Waals surface area contributed by atoms with Gasteiger partial charge in [-0.05, 0) is 19.4 Å². The summed E-state index contributed by atoms with van der Waals surface area (Å²) >= 11 is 0. The number of ether oxygens (including phenoxy) is 1. The number of Topliss-reactive ketones (excluding diaryl/α,β-unsaturated/α-hetero) is 1. The van der Waals surface area contributed by atoms with Crippen molar-refractivity contribution in [2.75, 3.05) is 13.2 Å². The van der Waals surface area contributed by atoms with Gasteiger partial charge >= 0.3 is 5.97 Å². The van der Waals surface area contributed by atoms with E-state index < -0.39 is 6.04 Å². The molecule has 4 nitrogen and oxygen atoms in total. The first-order valence-corrected chi connectivity index (χ1v) is 7.12. The second-order valence-corrected chi connectivity index (χ2v) is 5.09. The second kappa shape index (κ2) is 6.66. The van der Waals surface area contributed by atoms with Crippen LogP contribution in [0.3, 0.4) is 0 Å². The van der Waals surface area contributed by atoms with Gasteiger partial charge in [0.2, 0.25) is 0 Å². The fraction of sp³-hybridized carbons (Fsp3) is 0.500. The second-order valence-electron chi connectivity index (χ2n) is 5.09. The molecule has 1 aromatic carbocycles. The van der Waals surface area contributed by atoms with Gasteiger partial charge in [-0.3, -0.25) is 14.5 Å². The van der Waals surface area contributed by atoms with Crippen molar-refractivity contribution < 1.29 is 14.3 Å². The summed E-state index contributed by atoms with van der Waals surface area (Å²) in [5.41, 5.74) is 1.15. The molecule has 1 saturated heterocycles. The Balaban J connectivity index is 2.18. The van der Waals surface area contributed by atoms with Crippen LogP contribution in [0.25, 0.3) is 0 Å². The van der Waals surface area contributed by atoms with Gasteiger partial charge in [0.15, 0.2) is 0 Å². The summed E-state index contributed by atoms with van der Waals surface area (Å²) in [5, 5.41) is 0. The molecule has 0 N–H and O–H groups in total. The van der Waals surface area contributed by atoms with Crippen molar-refractivity contribution in [3.05, 3.63) is 35.9 Å². The Morgan fingerprint density at radius 1 is 1.40 bits per heavy atom. The lowest BCUT2D eigenvalue weighted by atomic mass is 9.96. The van der Waals surface area contributed by atoms with Crippen LogP contribution >= 0.6 is 0 Å². The van der Waals surface area contributed by atoms with E-state index in [2.05, 4.69) is 11.8 Å². The summed E-state index contributed by atoms with van der Waals surface area (Å²) in [6.45, 7) is 4.81. The molecule has 0 saturated carbocycles. The maximum absolute atomic E-state index is 12.1. The van der Waals surface area contributed by atoms with Crippen LogP contribution in [0.4, 0.5) is 0 Å². The first-order chi connectivity index (χ1) is 9.63. The fourth-order valence-corrected chi connectivity index (χ4v) is 2.69. The lowest BCUT2D eigenvalue weighted by Crippen LogP contribution is -2.49. The van der Waals surface area contributed by atoms with Gasteiger partial charge in [-0.2, -0.15) is 0 Å². The van der Waals surface area contributed by atoms with E-state index in [0.717, 1.165) is 5.56 Å². The van der Waals surface area contributed by atoms with Gasteiger partial charge in [-0.25, -0.2) is 0 Å². The third-order valence-corrected chi connectivity index (χ3v) is 3.81. The highest BCUT2D eigenvalue weighted by molar-refractivity contribution is 5.87. The Morgan fingerprint density at radius 3 is 2.75 bits per heavy atom. The minimum absolute atomic E-state index is 0.0960. The molecular formula is C16H21NO3. The van der Waals surface area contributed by atoms with Crippen molar-refractivity contribution in [1.29, 1.82) is 0 Å². The molecule has 0 radical (unpaired) electrons. The van der Waals surface area contributed by atoms with Gasteiger partial charge in [0.05, 0.1) is 6.61 Å². The van der Waals surface area contributed by atoms with E-state index in [9.17, 15) is 9.59 Å². The Hall–Kier alpha value is -1.68. The largest absolute Gasteiger partial charge is 0.465 e. The van der Waals surface area contributed by atoms with E-state index >= 15 is 0 Å². The van der Waals surface area contributed by atoms with Crippen LogP contribution in [0.15, 0.2) is 30.3 Å². The number of rotatable bonds is 4. The number of hydrogen-bond donors (Lipinski definition) is 0. The molecule has 0 bridgehead atoms. The maximum Gasteiger partial charge on any atom is 0.323 e. The Morgan fingerprint density at radius 2 is 2.10 bits per heavy atom. The van der Waals surface area contributed by atoms with Gasteiger partial charge in [0, 0.05) is 25.4 Å². The number of carbonyl (C=O) groups excluding carboxylic acids is 2. The Bertz CT molecular complexity index is 472. The van der Waals surface area contributed by atoms with Crippen molar-refractivity contribution in [3.8, 4) is 0 Å². The van der Waals surface area contributed by atoms with E-state index in [1.54, 1.807) is 6.92 Å². The average Bonchev–Trinajstić information content (AvgIpc) is 2.47. The van der Waals surface area contributed by atoms with Crippen molar-refractivity contribution >= 4 is 11.8 Å². The van der Waals surface area contributed by atoms with E-state index in [-0.39, 0.29) is 24.2 Å². The predicted octanol–water partition coefficient (Wildman–Crippen LogP) is 2.34. The summed E-state index contributed by atoms with van der Waals surface area (Å²) < 4.78 is 5.11. The number of likely N-dealkylation sites (tertiary alicyclic amines) is 1. The number of nitrogens with zero attached hydrogens (tertiary/aromatic N) is 1. The Kier molecular flexibility index (Phi) is 4.90. The number of piperidine rings is 1. The molecule has 1 aliphatic rings. The van der Waals surface area contributed by atoms with Gasteiger partial charge in [-0.15, -0.1) is 0 Å². The third kappa shape index (κ3) is 3.25. The van der Waals surface area contributed by atoms with Crippen LogP contribution in [0.1, 0.15) is 38.3 Å². The Labute approximate surface area is 119 Å². The van der Waals surface area contributed by atoms with E-state index in [4.69, 9.17) is 4.74 Å².